The summed E-state index contributed by atoms with van der Waals surface area (Å²) < 4.78 is 0. The van der Waals surface area contributed by atoms with E-state index in [9.17, 15) is 9.59 Å². The van der Waals surface area contributed by atoms with Gasteiger partial charge in [-0.3, -0.25) is 4.79 Å². The Labute approximate surface area is 119 Å². The maximum Gasteiger partial charge on any atom is 0.326 e. The summed E-state index contributed by atoms with van der Waals surface area (Å²) in [5, 5.41) is 9.06. The normalized spacial score (nSPS) is 22.1. The van der Waals surface area contributed by atoms with Crippen molar-refractivity contribution in [1.29, 1.82) is 0 Å². The molecular formula is C16H21NO3. The highest BCUT2D eigenvalue weighted by atomic mass is 16.4. The molecule has 0 aromatic heterocycles. The molecule has 0 saturated heterocycles. The molecule has 20 heavy (non-hydrogen) atoms. The molecule has 108 valence electrons. The second-order valence-electron chi connectivity index (χ2n) is 5.50. The Morgan fingerprint density at radius 3 is 2.70 bits per heavy atom. The van der Waals surface area contributed by atoms with Crippen LogP contribution < -0.4 is 0 Å². The van der Waals surface area contributed by atoms with Gasteiger partial charge in [-0.2, -0.15) is 0 Å². The van der Waals surface area contributed by atoms with Crippen LogP contribution in [0, 0.1) is 12.8 Å². The van der Waals surface area contributed by atoms with Crippen LogP contribution in [0.1, 0.15) is 37.3 Å². The lowest BCUT2D eigenvalue weighted by Gasteiger charge is -2.25. The predicted octanol–water partition coefficient (Wildman–Crippen LogP) is 2.42. The molecule has 1 unspecified atom stereocenters. The van der Waals surface area contributed by atoms with Gasteiger partial charge in [-0.25, -0.2) is 4.79 Å². The minimum atomic E-state index is -0.951. The highest BCUT2D eigenvalue weighted by molar-refractivity contribution is 5.87. The molecule has 0 aliphatic heterocycles. The molecule has 2 rings (SSSR count). The van der Waals surface area contributed by atoms with Crippen molar-refractivity contribution >= 4 is 11.9 Å². The summed E-state index contributed by atoms with van der Waals surface area (Å²) in [4.78, 5) is 24.9. The molecule has 1 aliphatic carbocycles. The molecule has 1 saturated carbocycles. The van der Waals surface area contributed by atoms with Gasteiger partial charge in [-0.05, 0) is 38.7 Å². The highest BCUT2D eigenvalue weighted by Crippen LogP contribution is 2.48. The van der Waals surface area contributed by atoms with Crippen molar-refractivity contribution in [1.82, 2.24) is 4.90 Å². The first-order valence-electron chi connectivity index (χ1n) is 7.05. The number of hydrogen-bond acceptors (Lipinski definition) is 2. The van der Waals surface area contributed by atoms with Crippen LogP contribution in [0.4, 0.5) is 0 Å². The quantitative estimate of drug-likeness (QED) is 0.897. The van der Waals surface area contributed by atoms with E-state index >= 15 is 0 Å². The number of rotatable bonds is 5. The van der Waals surface area contributed by atoms with E-state index in [1.807, 2.05) is 32.0 Å². The molecule has 3 atom stereocenters. The summed E-state index contributed by atoms with van der Waals surface area (Å²) in [6, 6.07) is 7.43. The van der Waals surface area contributed by atoms with Gasteiger partial charge in [0.2, 0.25) is 5.91 Å². The van der Waals surface area contributed by atoms with Crippen molar-refractivity contribution in [3.8, 4) is 0 Å². The first kappa shape index (κ1) is 14.6. The summed E-state index contributed by atoms with van der Waals surface area (Å²) in [5.74, 6) is -0.794. The second-order valence-corrected chi connectivity index (χ2v) is 5.50. The topological polar surface area (TPSA) is 57.6 Å². The molecule has 1 N–H and O–H groups in total. The number of likely N-dealkylation sites (N-methyl/N-ethyl adjacent to an activating group) is 1. The number of carbonyl (C=O) groups is 2. The lowest BCUT2D eigenvalue weighted by molar-refractivity contribution is -0.149. The number of benzene rings is 1. The SMILES string of the molecule is CCN(C(=O)[C@@H]1C[C@H]1c1cccc(C)c1)C(C)C(=O)O. The van der Waals surface area contributed by atoms with E-state index in [2.05, 4.69) is 6.07 Å². The molecule has 0 spiro atoms. The zero-order valence-corrected chi connectivity index (χ0v) is 12.2. The van der Waals surface area contributed by atoms with Gasteiger partial charge in [-0.1, -0.05) is 29.8 Å². The Morgan fingerprint density at radius 2 is 2.15 bits per heavy atom. The minimum absolute atomic E-state index is 0.0334. The molecule has 1 fully saturated rings. The zero-order chi connectivity index (χ0) is 14.9. The van der Waals surface area contributed by atoms with Crippen LogP contribution in [-0.2, 0) is 9.59 Å². The van der Waals surface area contributed by atoms with Gasteiger partial charge >= 0.3 is 5.97 Å². The Kier molecular flexibility index (Phi) is 4.12. The smallest absolute Gasteiger partial charge is 0.326 e. The highest BCUT2D eigenvalue weighted by Gasteiger charge is 2.46. The van der Waals surface area contributed by atoms with Gasteiger partial charge in [0.05, 0.1) is 0 Å². The Morgan fingerprint density at radius 1 is 1.45 bits per heavy atom. The summed E-state index contributed by atoms with van der Waals surface area (Å²) >= 11 is 0. The first-order chi connectivity index (χ1) is 9.45. The van der Waals surface area contributed by atoms with Crippen LogP contribution in [0.3, 0.4) is 0 Å². The van der Waals surface area contributed by atoms with Crippen LogP contribution in [0.15, 0.2) is 24.3 Å². The minimum Gasteiger partial charge on any atom is -0.480 e. The monoisotopic (exact) mass is 275 g/mol. The third kappa shape index (κ3) is 2.84. The number of hydrogen-bond donors (Lipinski definition) is 1. The lowest BCUT2D eigenvalue weighted by Crippen LogP contribution is -2.44. The number of amides is 1. The van der Waals surface area contributed by atoms with Gasteiger partial charge in [-0.15, -0.1) is 0 Å². The standard InChI is InChI=1S/C16H21NO3/c1-4-17(11(3)16(19)20)15(18)14-9-13(14)12-7-5-6-10(2)8-12/h5-8,11,13-14H,4,9H2,1-3H3,(H,19,20)/t11?,13-,14+/m0/s1. The predicted molar refractivity (Wildman–Crippen MR) is 76.5 cm³/mol. The van der Waals surface area contributed by atoms with Gasteiger partial charge in [0.15, 0.2) is 0 Å². The third-order valence-electron chi connectivity index (χ3n) is 4.03. The van der Waals surface area contributed by atoms with Gasteiger partial charge in [0.25, 0.3) is 0 Å². The molecular weight excluding hydrogens is 254 g/mol. The van der Waals surface area contributed by atoms with E-state index < -0.39 is 12.0 Å². The van der Waals surface area contributed by atoms with Crippen LogP contribution in [0.2, 0.25) is 0 Å². The van der Waals surface area contributed by atoms with Gasteiger partial charge in [0.1, 0.15) is 6.04 Å². The third-order valence-corrected chi connectivity index (χ3v) is 4.03. The van der Waals surface area contributed by atoms with E-state index in [0.29, 0.717) is 6.54 Å². The van der Waals surface area contributed by atoms with Crippen LogP contribution in [0.5, 0.6) is 0 Å². The average Bonchev–Trinajstić information content (AvgIpc) is 3.19. The van der Waals surface area contributed by atoms with E-state index in [0.717, 1.165) is 6.42 Å². The van der Waals surface area contributed by atoms with Crippen molar-refractivity contribution in [2.45, 2.75) is 39.2 Å². The maximum absolute atomic E-state index is 12.4. The zero-order valence-electron chi connectivity index (χ0n) is 12.2. The van der Waals surface area contributed by atoms with E-state index in [-0.39, 0.29) is 17.7 Å². The van der Waals surface area contributed by atoms with Crippen molar-refractivity contribution < 1.29 is 14.7 Å². The van der Waals surface area contributed by atoms with E-state index in [1.54, 1.807) is 6.92 Å². The second kappa shape index (κ2) is 5.65. The fourth-order valence-electron chi connectivity index (χ4n) is 2.70. The van der Waals surface area contributed by atoms with Crippen LogP contribution in [-0.4, -0.2) is 34.5 Å². The van der Waals surface area contributed by atoms with Crippen LogP contribution in [0.25, 0.3) is 0 Å². The largest absolute Gasteiger partial charge is 0.480 e. The Bertz CT molecular complexity index is 526. The average molecular weight is 275 g/mol. The fraction of sp³-hybridized carbons (Fsp3) is 0.500. The summed E-state index contributed by atoms with van der Waals surface area (Å²) in [5.41, 5.74) is 2.37. The molecule has 0 bridgehead atoms. The Hall–Kier alpha value is -1.84. The number of carboxylic acids is 1. The summed E-state index contributed by atoms with van der Waals surface area (Å²) in [7, 11) is 0. The first-order valence-corrected chi connectivity index (χ1v) is 7.05. The molecule has 0 heterocycles. The maximum atomic E-state index is 12.4. The molecule has 4 heteroatoms. The van der Waals surface area contributed by atoms with Gasteiger partial charge < -0.3 is 10.0 Å². The Balaban J connectivity index is 2.07. The fourth-order valence-corrected chi connectivity index (χ4v) is 2.70. The van der Waals surface area contributed by atoms with Crippen molar-refractivity contribution in [3.05, 3.63) is 35.4 Å². The van der Waals surface area contributed by atoms with E-state index in [1.165, 1.54) is 16.0 Å². The lowest BCUT2D eigenvalue weighted by atomic mass is 10.1. The van der Waals surface area contributed by atoms with E-state index in [4.69, 9.17) is 5.11 Å². The van der Waals surface area contributed by atoms with Crippen molar-refractivity contribution in [2.75, 3.05) is 6.54 Å². The molecule has 1 aromatic carbocycles. The molecule has 1 aliphatic rings. The number of aliphatic carboxylic acids is 1. The van der Waals surface area contributed by atoms with Gasteiger partial charge in [0, 0.05) is 12.5 Å². The summed E-state index contributed by atoms with van der Waals surface area (Å²) in [6.07, 6.45) is 0.825. The number of carbonyl (C=O) groups excluding carboxylic acids is 1. The molecule has 1 aromatic rings. The molecule has 4 nitrogen and oxygen atoms in total. The number of nitrogens with zero attached hydrogens (tertiary/aromatic N) is 1. The summed E-state index contributed by atoms with van der Waals surface area (Å²) in [6.45, 7) is 5.85. The molecule has 1 amide bonds. The molecule has 0 radical (unpaired) electrons. The van der Waals surface area contributed by atoms with Crippen LogP contribution >= 0.6 is 0 Å². The number of carboxylic acid groups (broad SMARTS) is 1. The van der Waals surface area contributed by atoms with Crippen molar-refractivity contribution in [3.63, 3.8) is 0 Å². The number of aryl methyl sites for hydroxylation is 1. The van der Waals surface area contributed by atoms with Crippen molar-refractivity contribution in [2.24, 2.45) is 5.92 Å².